The Hall–Kier alpha value is -2.43. The minimum Gasteiger partial charge on any atom is -0.394 e. The number of unbranched alkanes of at least 4 members (excludes halogenated alkanes) is 27. The number of allylic oxidation sites excluding steroid dienone is 13. The molecule has 2 unspecified atom stereocenters. The van der Waals surface area contributed by atoms with Gasteiger partial charge in [0.15, 0.2) is 0 Å². The molecule has 0 aliphatic carbocycles. The molecule has 0 saturated heterocycles. The van der Waals surface area contributed by atoms with Crippen LogP contribution in [-0.4, -0.2) is 34.9 Å². The van der Waals surface area contributed by atoms with E-state index in [1.165, 1.54) is 148 Å². The Bertz CT molecular complexity index is 1080. The van der Waals surface area contributed by atoms with Crippen LogP contribution in [0.2, 0.25) is 0 Å². The van der Waals surface area contributed by atoms with Gasteiger partial charge in [0.05, 0.1) is 18.8 Å². The number of nitrogens with one attached hydrogen (secondary N) is 1. The molecule has 0 rings (SSSR count). The Morgan fingerprint density at radius 2 is 0.733 bits per heavy atom. The van der Waals surface area contributed by atoms with Crippen molar-refractivity contribution in [3.63, 3.8) is 0 Å². The standard InChI is InChI=1S/C56H99NO3/c1-3-5-7-9-11-13-15-17-19-21-23-25-27-28-30-32-34-36-38-40-42-44-46-48-50-52-56(60)57-54(53-58)55(59)51-49-47-45-43-41-39-37-35-33-31-29-26-24-22-20-18-16-14-12-10-8-6-4-2/h5,7,11,13,17,19,23,25,28,30,34,36,49,51,54-55,58-59H,3-4,6,8-10,12,14-16,18,20-22,24,26-27,29,31-33,35,37-48,50,52-53H2,1-2H3,(H,57,60)/b7-5-,13-11-,19-17-,25-23-,30-28-,36-34-,51-49+. The van der Waals surface area contributed by atoms with Gasteiger partial charge < -0.3 is 15.5 Å². The smallest absolute Gasteiger partial charge is 0.220 e. The van der Waals surface area contributed by atoms with E-state index >= 15 is 0 Å². The van der Waals surface area contributed by atoms with E-state index in [2.05, 4.69) is 92.1 Å². The number of aliphatic hydroxyl groups is 2. The Morgan fingerprint density at radius 1 is 0.417 bits per heavy atom. The van der Waals surface area contributed by atoms with Crippen LogP contribution in [0.5, 0.6) is 0 Å². The summed E-state index contributed by atoms with van der Waals surface area (Å²) < 4.78 is 0. The van der Waals surface area contributed by atoms with Gasteiger partial charge in [-0.25, -0.2) is 0 Å². The lowest BCUT2D eigenvalue weighted by Crippen LogP contribution is -2.45. The van der Waals surface area contributed by atoms with Crippen molar-refractivity contribution in [3.8, 4) is 0 Å². The second-order valence-electron chi connectivity index (χ2n) is 17.2. The second-order valence-corrected chi connectivity index (χ2v) is 17.2. The van der Waals surface area contributed by atoms with Crippen molar-refractivity contribution >= 4 is 5.91 Å². The predicted octanol–water partition coefficient (Wildman–Crippen LogP) is 16.8. The zero-order valence-corrected chi connectivity index (χ0v) is 39.7. The molecule has 0 bridgehead atoms. The normalized spacial score (nSPS) is 13.6. The molecule has 4 heteroatoms. The molecule has 4 nitrogen and oxygen atoms in total. The molecule has 60 heavy (non-hydrogen) atoms. The van der Waals surface area contributed by atoms with E-state index < -0.39 is 12.1 Å². The molecule has 0 aliphatic heterocycles. The SMILES string of the molecule is CC/C=C\C/C=C\C/C=C\C/C=C\C/C=C\C/C=C\CCCCCCCCC(=O)NC(CO)C(O)/C=C/CCCCCCCCCCCCCCCCCCCCCCC. The highest BCUT2D eigenvalue weighted by Crippen LogP contribution is 2.16. The first-order valence-corrected chi connectivity index (χ1v) is 25.8. The maximum absolute atomic E-state index is 12.4. The number of hydrogen-bond donors (Lipinski definition) is 3. The molecule has 0 radical (unpaired) electrons. The van der Waals surface area contributed by atoms with Gasteiger partial charge in [-0.3, -0.25) is 4.79 Å². The first-order chi connectivity index (χ1) is 29.7. The lowest BCUT2D eigenvalue weighted by Gasteiger charge is -2.20. The summed E-state index contributed by atoms with van der Waals surface area (Å²) in [5, 5.41) is 23.1. The number of hydrogen-bond acceptors (Lipinski definition) is 3. The van der Waals surface area contributed by atoms with E-state index in [9.17, 15) is 15.0 Å². The maximum Gasteiger partial charge on any atom is 0.220 e. The zero-order chi connectivity index (χ0) is 43.5. The first-order valence-electron chi connectivity index (χ1n) is 25.8. The third kappa shape index (κ3) is 46.6. The summed E-state index contributed by atoms with van der Waals surface area (Å²) in [6, 6.07) is -0.637. The fraction of sp³-hybridized carbons (Fsp3) is 0.732. The number of carbonyl (C=O) groups is 1. The van der Waals surface area contributed by atoms with Crippen LogP contribution < -0.4 is 5.32 Å². The summed E-state index contributed by atoms with van der Waals surface area (Å²) in [5.74, 6) is -0.0801. The first kappa shape index (κ1) is 57.6. The van der Waals surface area contributed by atoms with Crippen molar-refractivity contribution in [2.24, 2.45) is 0 Å². The lowest BCUT2D eigenvalue weighted by atomic mass is 10.0. The van der Waals surface area contributed by atoms with E-state index in [1.807, 2.05) is 6.08 Å². The van der Waals surface area contributed by atoms with Crippen LogP contribution in [0.1, 0.15) is 245 Å². The van der Waals surface area contributed by atoms with Gasteiger partial charge >= 0.3 is 0 Å². The van der Waals surface area contributed by atoms with Gasteiger partial charge in [0, 0.05) is 6.42 Å². The van der Waals surface area contributed by atoms with Crippen LogP contribution in [0.25, 0.3) is 0 Å². The number of amides is 1. The third-order valence-electron chi connectivity index (χ3n) is 11.4. The maximum atomic E-state index is 12.4. The average Bonchev–Trinajstić information content (AvgIpc) is 3.25. The van der Waals surface area contributed by atoms with Crippen LogP contribution in [-0.2, 0) is 4.79 Å². The van der Waals surface area contributed by atoms with Crippen molar-refractivity contribution < 1.29 is 15.0 Å². The summed E-state index contributed by atoms with van der Waals surface area (Å²) in [6.45, 7) is 4.20. The van der Waals surface area contributed by atoms with Gasteiger partial charge in [0.1, 0.15) is 0 Å². The largest absolute Gasteiger partial charge is 0.394 e. The van der Waals surface area contributed by atoms with Crippen LogP contribution in [0, 0.1) is 0 Å². The molecule has 3 N–H and O–H groups in total. The molecule has 0 heterocycles. The molecular formula is C56H99NO3. The van der Waals surface area contributed by atoms with Crippen LogP contribution in [0.4, 0.5) is 0 Å². The molecule has 0 aliphatic rings. The second kappa shape index (κ2) is 50.9. The summed E-state index contributed by atoms with van der Waals surface area (Å²) in [5.41, 5.74) is 0. The minimum absolute atomic E-state index is 0.0801. The highest BCUT2D eigenvalue weighted by Gasteiger charge is 2.18. The fourth-order valence-electron chi connectivity index (χ4n) is 7.48. The van der Waals surface area contributed by atoms with Gasteiger partial charge in [-0.15, -0.1) is 0 Å². The van der Waals surface area contributed by atoms with Gasteiger partial charge in [-0.05, 0) is 70.6 Å². The highest BCUT2D eigenvalue weighted by atomic mass is 16.3. The van der Waals surface area contributed by atoms with Gasteiger partial charge in [-0.1, -0.05) is 253 Å². The molecule has 346 valence electrons. The van der Waals surface area contributed by atoms with E-state index in [0.29, 0.717) is 6.42 Å². The van der Waals surface area contributed by atoms with Gasteiger partial charge in [0.25, 0.3) is 0 Å². The predicted molar refractivity (Wildman–Crippen MR) is 267 cm³/mol. The molecule has 0 aromatic carbocycles. The Labute approximate surface area is 373 Å². The highest BCUT2D eigenvalue weighted by molar-refractivity contribution is 5.76. The van der Waals surface area contributed by atoms with E-state index in [4.69, 9.17) is 0 Å². The zero-order valence-electron chi connectivity index (χ0n) is 39.7. The van der Waals surface area contributed by atoms with Crippen LogP contribution >= 0.6 is 0 Å². The number of carbonyl (C=O) groups excluding carboxylic acids is 1. The quantitative estimate of drug-likeness (QED) is 0.0423. The van der Waals surface area contributed by atoms with Crippen molar-refractivity contribution in [2.45, 2.75) is 257 Å². The van der Waals surface area contributed by atoms with Crippen LogP contribution in [0.3, 0.4) is 0 Å². The van der Waals surface area contributed by atoms with Crippen LogP contribution in [0.15, 0.2) is 85.1 Å². The summed E-state index contributed by atoms with van der Waals surface area (Å²) in [7, 11) is 0. The third-order valence-corrected chi connectivity index (χ3v) is 11.4. The van der Waals surface area contributed by atoms with Gasteiger partial charge in [-0.2, -0.15) is 0 Å². The van der Waals surface area contributed by atoms with Crippen molar-refractivity contribution in [3.05, 3.63) is 85.1 Å². The Kier molecular flexibility index (Phi) is 48.9. The van der Waals surface area contributed by atoms with Crippen molar-refractivity contribution in [1.29, 1.82) is 0 Å². The lowest BCUT2D eigenvalue weighted by molar-refractivity contribution is -0.123. The number of rotatable bonds is 46. The molecule has 2 atom stereocenters. The molecule has 0 fully saturated rings. The molecule has 0 aromatic heterocycles. The van der Waals surface area contributed by atoms with Gasteiger partial charge in [0.2, 0.25) is 5.91 Å². The topological polar surface area (TPSA) is 69.6 Å². The molecule has 1 amide bonds. The summed E-state index contributed by atoms with van der Waals surface area (Å²) in [4.78, 5) is 12.4. The average molecular weight is 834 g/mol. The summed E-state index contributed by atoms with van der Waals surface area (Å²) >= 11 is 0. The molecule has 0 saturated carbocycles. The van der Waals surface area contributed by atoms with Crippen molar-refractivity contribution in [1.82, 2.24) is 5.32 Å². The fourth-order valence-corrected chi connectivity index (χ4v) is 7.48. The van der Waals surface area contributed by atoms with Crippen molar-refractivity contribution in [2.75, 3.05) is 6.61 Å². The monoisotopic (exact) mass is 834 g/mol. The minimum atomic E-state index is -0.852. The van der Waals surface area contributed by atoms with E-state index in [0.717, 1.165) is 77.0 Å². The molecule has 0 aromatic rings. The summed E-state index contributed by atoms with van der Waals surface area (Å²) in [6.07, 6.45) is 74.3. The molecule has 0 spiro atoms. The van der Waals surface area contributed by atoms with E-state index in [-0.39, 0.29) is 12.5 Å². The molecular weight excluding hydrogens is 735 g/mol. The van der Waals surface area contributed by atoms with E-state index in [1.54, 1.807) is 6.08 Å². The Morgan fingerprint density at radius 3 is 1.10 bits per heavy atom. The Balaban J connectivity index is 3.61. The number of aliphatic hydroxyl groups excluding tert-OH is 2.